The first-order valence-corrected chi connectivity index (χ1v) is 7.12. The van der Waals surface area contributed by atoms with Crippen molar-refractivity contribution in [2.75, 3.05) is 6.54 Å². The molecule has 0 saturated heterocycles. The van der Waals surface area contributed by atoms with Crippen molar-refractivity contribution >= 4 is 11.3 Å². The van der Waals surface area contributed by atoms with Crippen LogP contribution in [0.4, 0.5) is 0 Å². The number of thiazole rings is 1. The van der Waals surface area contributed by atoms with Crippen molar-refractivity contribution in [3.8, 4) is 17.0 Å². The van der Waals surface area contributed by atoms with Crippen molar-refractivity contribution < 1.29 is 5.11 Å². The Morgan fingerprint density at radius 1 is 1.33 bits per heavy atom. The number of nitrogens with zero attached hydrogens (tertiary/aromatic N) is 1. The van der Waals surface area contributed by atoms with Crippen molar-refractivity contribution in [3.63, 3.8) is 0 Å². The predicted octanol–water partition coefficient (Wildman–Crippen LogP) is 3.41. The second kappa shape index (κ2) is 6.52. The smallest absolute Gasteiger partial charge is 0.125 e. The molecule has 0 bridgehead atoms. The number of hydrogen-bond donors (Lipinski definition) is 2. The second-order valence-corrected chi connectivity index (χ2v) is 5.12. The third-order valence-corrected chi connectivity index (χ3v) is 3.56. The van der Waals surface area contributed by atoms with Crippen LogP contribution >= 0.6 is 11.3 Å². The molecule has 18 heavy (non-hydrogen) atoms. The minimum Gasteiger partial charge on any atom is -0.507 e. The summed E-state index contributed by atoms with van der Waals surface area (Å²) in [7, 11) is 0. The van der Waals surface area contributed by atoms with Crippen LogP contribution in [0.3, 0.4) is 0 Å². The highest BCUT2D eigenvalue weighted by Gasteiger charge is 2.07. The quantitative estimate of drug-likeness (QED) is 0.784. The average Bonchev–Trinajstić information content (AvgIpc) is 2.84. The SMILES string of the molecule is CCCCNCc1nc(-c2ccccc2O)cs1. The molecule has 1 aromatic heterocycles. The van der Waals surface area contributed by atoms with Crippen LogP contribution in [0.1, 0.15) is 24.8 Å². The number of para-hydroxylation sites is 1. The zero-order valence-electron chi connectivity index (χ0n) is 10.5. The Bertz CT molecular complexity index is 496. The molecule has 0 atom stereocenters. The van der Waals surface area contributed by atoms with Crippen LogP contribution in [0.5, 0.6) is 5.75 Å². The molecule has 0 aliphatic heterocycles. The van der Waals surface area contributed by atoms with Gasteiger partial charge in [0.2, 0.25) is 0 Å². The number of unbranched alkanes of at least 4 members (excludes halogenated alkanes) is 1. The fourth-order valence-electron chi connectivity index (χ4n) is 1.70. The molecule has 0 fully saturated rings. The van der Waals surface area contributed by atoms with E-state index in [1.807, 2.05) is 23.6 Å². The van der Waals surface area contributed by atoms with E-state index in [9.17, 15) is 5.11 Å². The van der Waals surface area contributed by atoms with E-state index < -0.39 is 0 Å². The van der Waals surface area contributed by atoms with Crippen molar-refractivity contribution in [2.24, 2.45) is 0 Å². The molecule has 2 aromatic rings. The highest BCUT2D eigenvalue weighted by Crippen LogP contribution is 2.29. The van der Waals surface area contributed by atoms with Gasteiger partial charge in [0.15, 0.2) is 0 Å². The van der Waals surface area contributed by atoms with Gasteiger partial charge in [-0.2, -0.15) is 0 Å². The standard InChI is InChI=1S/C14H18N2OS/c1-2-3-8-15-9-14-16-12(10-18-14)11-6-4-5-7-13(11)17/h4-7,10,15,17H,2-3,8-9H2,1H3. The normalized spacial score (nSPS) is 10.7. The minimum atomic E-state index is 0.285. The molecular formula is C14H18N2OS. The summed E-state index contributed by atoms with van der Waals surface area (Å²) in [6.07, 6.45) is 2.39. The number of aromatic hydroxyl groups is 1. The van der Waals surface area contributed by atoms with Crippen LogP contribution in [0.2, 0.25) is 0 Å². The summed E-state index contributed by atoms with van der Waals surface area (Å²) in [5.74, 6) is 0.285. The lowest BCUT2D eigenvalue weighted by Crippen LogP contribution is -2.14. The molecule has 4 heteroatoms. The molecule has 2 N–H and O–H groups in total. The monoisotopic (exact) mass is 262 g/mol. The van der Waals surface area contributed by atoms with Crippen molar-refractivity contribution in [1.29, 1.82) is 0 Å². The summed E-state index contributed by atoms with van der Waals surface area (Å²) in [5, 5.41) is 16.2. The van der Waals surface area contributed by atoms with Gasteiger partial charge in [-0.15, -0.1) is 11.3 Å². The van der Waals surface area contributed by atoms with Gasteiger partial charge in [-0.05, 0) is 25.1 Å². The van der Waals surface area contributed by atoms with Gasteiger partial charge in [0.1, 0.15) is 10.8 Å². The van der Waals surface area contributed by atoms with Gasteiger partial charge in [0.05, 0.1) is 5.69 Å². The first-order valence-electron chi connectivity index (χ1n) is 6.24. The highest BCUT2D eigenvalue weighted by atomic mass is 32.1. The number of benzene rings is 1. The number of hydrogen-bond acceptors (Lipinski definition) is 4. The summed E-state index contributed by atoms with van der Waals surface area (Å²) in [4.78, 5) is 4.53. The first-order chi connectivity index (χ1) is 8.81. The molecule has 0 aliphatic rings. The Labute approximate surface area is 112 Å². The van der Waals surface area contributed by atoms with E-state index in [-0.39, 0.29) is 5.75 Å². The molecule has 0 spiro atoms. The van der Waals surface area contributed by atoms with Crippen LogP contribution in [0, 0.1) is 0 Å². The highest BCUT2D eigenvalue weighted by molar-refractivity contribution is 7.09. The number of aromatic nitrogens is 1. The van der Waals surface area contributed by atoms with Gasteiger partial charge < -0.3 is 10.4 Å². The maximum Gasteiger partial charge on any atom is 0.125 e. The Hall–Kier alpha value is -1.39. The Kier molecular flexibility index (Phi) is 4.73. The summed E-state index contributed by atoms with van der Waals surface area (Å²) in [6.45, 7) is 4.02. The zero-order valence-corrected chi connectivity index (χ0v) is 11.3. The van der Waals surface area contributed by atoms with Crippen molar-refractivity contribution in [3.05, 3.63) is 34.7 Å². The van der Waals surface area contributed by atoms with E-state index in [0.29, 0.717) is 0 Å². The van der Waals surface area contributed by atoms with Gasteiger partial charge in [-0.1, -0.05) is 25.5 Å². The van der Waals surface area contributed by atoms with Crippen LogP contribution < -0.4 is 5.32 Å². The van der Waals surface area contributed by atoms with E-state index in [1.54, 1.807) is 17.4 Å². The van der Waals surface area contributed by atoms with E-state index in [4.69, 9.17) is 0 Å². The lowest BCUT2D eigenvalue weighted by atomic mass is 10.1. The largest absolute Gasteiger partial charge is 0.507 e. The lowest BCUT2D eigenvalue weighted by Gasteiger charge is -2.01. The number of phenolic OH excluding ortho intramolecular Hbond substituents is 1. The van der Waals surface area contributed by atoms with Crippen LogP contribution in [0.15, 0.2) is 29.6 Å². The maximum atomic E-state index is 9.77. The predicted molar refractivity (Wildman–Crippen MR) is 75.8 cm³/mol. The van der Waals surface area contributed by atoms with Crippen LogP contribution in [0.25, 0.3) is 11.3 Å². The van der Waals surface area contributed by atoms with Crippen molar-refractivity contribution in [2.45, 2.75) is 26.3 Å². The third-order valence-electron chi connectivity index (χ3n) is 2.72. The van der Waals surface area contributed by atoms with E-state index in [0.717, 1.165) is 29.4 Å². The van der Waals surface area contributed by atoms with Gasteiger partial charge >= 0.3 is 0 Å². The van der Waals surface area contributed by atoms with Crippen LogP contribution in [-0.4, -0.2) is 16.6 Å². The minimum absolute atomic E-state index is 0.285. The Morgan fingerprint density at radius 3 is 2.94 bits per heavy atom. The number of nitrogens with one attached hydrogen (secondary N) is 1. The zero-order chi connectivity index (χ0) is 12.8. The lowest BCUT2D eigenvalue weighted by molar-refractivity contribution is 0.477. The van der Waals surface area contributed by atoms with E-state index in [2.05, 4.69) is 17.2 Å². The summed E-state index contributed by atoms with van der Waals surface area (Å²) in [5.41, 5.74) is 1.65. The van der Waals surface area contributed by atoms with E-state index >= 15 is 0 Å². The molecular weight excluding hydrogens is 244 g/mol. The van der Waals surface area contributed by atoms with Gasteiger partial charge in [-0.3, -0.25) is 0 Å². The molecule has 0 saturated carbocycles. The topological polar surface area (TPSA) is 45.2 Å². The molecule has 0 aliphatic carbocycles. The van der Waals surface area contributed by atoms with Gasteiger partial charge in [0.25, 0.3) is 0 Å². The fourth-order valence-corrected chi connectivity index (χ4v) is 2.47. The second-order valence-electron chi connectivity index (χ2n) is 4.17. The molecule has 3 nitrogen and oxygen atoms in total. The molecule has 2 rings (SSSR count). The number of phenols is 1. The molecule has 96 valence electrons. The molecule has 1 aromatic carbocycles. The Morgan fingerprint density at radius 2 is 2.17 bits per heavy atom. The van der Waals surface area contributed by atoms with Crippen molar-refractivity contribution in [1.82, 2.24) is 10.3 Å². The summed E-state index contributed by atoms with van der Waals surface area (Å²) >= 11 is 1.63. The van der Waals surface area contributed by atoms with Gasteiger partial charge in [-0.25, -0.2) is 4.98 Å². The van der Waals surface area contributed by atoms with Gasteiger partial charge in [0, 0.05) is 17.5 Å². The van der Waals surface area contributed by atoms with Crippen LogP contribution in [-0.2, 0) is 6.54 Å². The summed E-state index contributed by atoms with van der Waals surface area (Å²) in [6, 6.07) is 7.30. The maximum absolute atomic E-state index is 9.77. The fraction of sp³-hybridized carbons (Fsp3) is 0.357. The average molecular weight is 262 g/mol. The molecule has 0 amide bonds. The number of rotatable bonds is 6. The van der Waals surface area contributed by atoms with E-state index in [1.165, 1.54) is 12.8 Å². The molecule has 0 unspecified atom stereocenters. The summed E-state index contributed by atoms with van der Waals surface area (Å²) < 4.78 is 0. The Balaban J connectivity index is 2.00. The third kappa shape index (κ3) is 3.31. The molecule has 1 heterocycles. The molecule has 0 radical (unpaired) electrons. The first kappa shape index (κ1) is 13.1.